The highest BCUT2D eigenvalue weighted by Gasteiger charge is 2.31. The van der Waals surface area contributed by atoms with E-state index in [1.807, 2.05) is 13.8 Å². The number of nitro groups is 1. The van der Waals surface area contributed by atoms with Crippen LogP contribution in [0.3, 0.4) is 0 Å². The molecule has 0 saturated heterocycles. The molecule has 2 aromatic rings. The van der Waals surface area contributed by atoms with Crippen LogP contribution in [0.2, 0.25) is 0 Å². The Balaban J connectivity index is 2.68. The summed E-state index contributed by atoms with van der Waals surface area (Å²) in [6.07, 6.45) is 0. The molecule has 1 aromatic carbocycles. The van der Waals surface area contributed by atoms with Crippen molar-refractivity contribution >= 4 is 17.6 Å². The van der Waals surface area contributed by atoms with Crippen molar-refractivity contribution in [2.24, 2.45) is 0 Å². The van der Waals surface area contributed by atoms with Crippen LogP contribution in [0.4, 0.5) is 5.69 Å². The molecule has 9 nitrogen and oxygen atoms in total. The minimum absolute atomic E-state index is 0.00177. The molecule has 0 aliphatic carbocycles. The lowest BCUT2D eigenvalue weighted by atomic mass is 9.91. The number of esters is 2. The van der Waals surface area contributed by atoms with E-state index >= 15 is 0 Å². The van der Waals surface area contributed by atoms with Crippen molar-refractivity contribution < 1.29 is 24.0 Å². The van der Waals surface area contributed by atoms with Crippen LogP contribution in [0.15, 0.2) is 24.3 Å². The van der Waals surface area contributed by atoms with Crippen molar-refractivity contribution in [3.63, 3.8) is 0 Å². The molecule has 1 aromatic heterocycles. The standard InChI is InChI=1S/C22H27N3O6/c1-6-24(7-2)12-13-31-22(27)19-15(4)23-14(3)18(21(26)30-5)20(19)16-10-8-9-11-17(16)25(28)29/h8-11H,6-7,12-13H2,1-5H3. The number of hydrogen-bond acceptors (Lipinski definition) is 8. The van der Waals surface area contributed by atoms with E-state index < -0.39 is 16.9 Å². The van der Waals surface area contributed by atoms with Crippen LogP contribution in [-0.2, 0) is 9.47 Å². The van der Waals surface area contributed by atoms with Crippen molar-refractivity contribution in [1.82, 2.24) is 9.88 Å². The van der Waals surface area contributed by atoms with E-state index in [0.717, 1.165) is 13.1 Å². The van der Waals surface area contributed by atoms with Gasteiger partial charge in [-0.1, -0.05) is 26.0 Å². The van der Waals surface area contributed by atoms with Crippen LogP contribution in [0.25, 0.3) is 11.1 Å². The van der Waals surface area contributed by atoms with Gasteiger partial charge in [0.15, 0.2) is 0 Å². The summed E-state index contributed by atoms with van der Waals surface area (Å²) < 4.78 is 10.4. The number of rotatable bonds is 9. The number of nitrogens with zero attached hydrogens (tertiary/aromatic N) is 3. The van der Waals surface area contributed by atoms with Crippen molar-refractivity contribution in [2.75, 3.05) is 33.4 Å². The van der Waals surface area contributed by atoms with Crippen LogP contribution >= 0.6 is 0 Å². The van der Waals surface area contributed by atoms with Gasteiger partial charge in [0.25, 0.3) is 5.69 Å². The third-order valence-corrected chi connectivity index (χ3v) is 5.06. The lowest BCUT2D eigenvalue weighted by Crippen LogP contribution is -2.28. The SMILES string of the molecule is CCN(CC)CCOC(=O)c1c(C)nc(C)c(C(=O)OC)c1-c1ccccc1[N+](=O)[O-]. The van der Waals surface area contributed by atoms with E-state index in [1.165, 1.54) is 25.3 Å². The summed E-state index contributed by atoms with van der Waals surface area (Å²) in [5, 5.41) is 11.7. The Kier molecular flexibility index (Phi) is 8.21. The molecule has 0 unspecified atom stereocenters. The first kappa shape index (κ1) is 23.9. The maximum Gasteiger partial charge on any atom is 0.340 e. The predicted octanol–water partition coefficient (Wildman–Crippen LogP) is 3.56. The second-order valence-electron chi connectivity index (χ2n) is 6.84. The summed E-state index contributed by atoms with van der Waals surface area (Å²) in [6.45, 7) is 9.52. The van der Waals surface area contributed by atoms with Crippen molar-refractivity contribution in [1.29, 1.82) is 0 Å². The van der Waals surface area contributed by atoms with Gasteiger partial charge in [0.1, 0.15) is 6.61 Å². The van der Waals surface area contributed by atoms with Crippen molar-refractivity contribution in [3.05, 3.63) is 56.9 Å². The second-order valence-corrected chi connectivity index (χ2v) is 6.84. The van der Waals surface area contributed by atoms with Gasteiger partial charge in [-0.3, -0.25) is 15.1 Å². The maximum atomic E-state index is 13.1. The highest BCUT2D eigenvalue weighted by Crippen LogP contribution is 2.37. The molecule has 0 N–H and O–H groups in total. The molecular weight excluding hydrogens is 402 g/mol. The van der Waals surface area contributed by atoms with Crippen molar-refractivity contribution in [3.8, 4) is 11.1 Å². The Labute approximate surface area is 181 Å². The monoisotopic (exact) mass is 429 g/mol. The van der Waals surface area contributed by atoms with E-state index in [1.54, 1.807) is 19.9 Å². The quantitative estimate of drug-likeness (QED) is 0.338. The third-order valence-electron chi connectivity index (χ3n) is 5.06. The maximum absolute atomic E-state index is 13.1. The number of ether oxygens (including phenoxy) is 2. The molecule has 9 heteroatoms. The Morgan fingerprint density at radius 1 is 1.06 bits per heavy atom. The number of methoxy groups -OCH3 is 1. The molecule has 0 bridgehead atoms. The summed E-state index contributed by atoms with van der Waals surface area (Å²) in [5.74, 6) is -1.44. The number of benzene rings is 1. The number of hydrogen-bond donors (Lipinski definition) is 0. The lowest BCUT2D eigenvalue weighted by Gasteiger charge is -2.19. The van der Waals surface area contributed by atoms with Gasteiger partial charge < -0.3 is 14.4 Å². The Morgan fingerprint density at radius 2 is 1.65 bits per heavy atom. The Bertz CT molecular complexity index is 985. The van der Waals surface area contributed by atoms with Crippen molar-refractivity contribution in [2.45, 2.75) is 27.7 Å². The van der Waals surface area contributed by atoms with Gasteiger partial charge in [-0.15, -0.1) is 0 Å². The fourth-order valence-electron chi connectivity index (χ4n) is 3.44. The van der Waals surface area contributed by atoms with Crippen LogP contribution in [0.1, 0.15) is 46.0 Å². The zero-order valence-corrected chi connectivity index (χ0v) is 18.4. The Hall–Kier alpha value is -3.33. The summed E-state index contributed by atoms with van der Waals surface area (Å²) in [5.41, 5.74) is 0.602. The smallest absolute Gasteiger partial charge is 0.340 e. The molecule has 0 saturated carbocycles. The predicted molar refractivity (Wildman–Crippen MR) is 115 cm³/mol. The molecule has 2 rings (SSSR count). The molecule has 0 amide bonds. The van der Waals surface area contributed by atoms with E-state index in [0.29, 0.717) is 17.9 Å². The van der Waals surface area contributed by atoms with Gasteiger partial charge in [0.05, 0.1) is 40.1 Å². The van der Waals surface area contributed by atoms with E-state index in [-0.39, 0.29) is 34.5 Å². The first-order chi connectivity index (χ1) is 14.8. The minimum atomic E-state index is -0.740. The highest BCUT2D eigenvalue weighted by atomic mass is 16.6. The van der Waals surface area contributed by atoms with Crippen LogP contribution in [-0.4, -0.2) is 60.1 Å². The molecule has 0 radical (unpaired) electrons. The van der Waals surface area contributed by atoms with E-state index in [9.17, 15) is 19.7 Å². The summed E-state index contributed by atoms with van der Waals surface area (Å²) in [4.78, 5) is 43.2. The van der Waals surface area contributed by atoms with E-state index in [2.05, 4.69) is 9.88 Å². The summed E-state index contributed by atoms with van der Waals surface area (Å²) >= 11 is 0. The molecule has 0 fully saturated rings. The average molecular weight is 429 g/mol. The number of carbonyl (C=O) groups is 2. The molecular formula is C22H27N3O6. The number of nitro benzene ring substituents is 1. The zero-order valence-electron chi connectivity index (χ0n) is 18.4. The van der Waals surface area contributed by atoms with E-state index in [4.69, 9.17) is 9.47 Å². The first-order valence-electron chi connectivity index (χ1n) is 9.99. The van der Waals surface area contributed by atoms with Gasteiger partial charge in [-0.05, 0) is 33.0 Å². The van der Waals surface area contributed by atoms with Gasteiger partial charge in [0.2, 0.25) is 0 Å². The molecule has 1 heterocycles. The van der Waals surface area contributed by atoms with Gasteiger partial charge in [-0.2, -0.15) is 0 Å². The average Bonchev–Trinajstić information content (AvgIpc) is 2.75. The Morgan fingerprint density at radius 3 is 2.19 bits per heavy atom. The van der Waals surface area contributed by atoms with Crippen LogP contribution in [0, 0.1) is 24.0 Å². The molecule has 31 heavy (non-hydrogen) atoms. The normalized spacial score (nSPS) is 10.8. The topological polar surface area (TPSA) is 112 Å². The van der Waals surface area contributed by atoms with Gasteiger partial charge in [-0.25, -0.2) is 9.59 Å². The fourth-order valence-corrected chi connectivity index (χ4v) is 3.44. The lowest BCUT2D eigenvalue weighted by molar-refractivity contribution is -0.384. The number of pyridine rings is 1. The highest BCUT2D eigenvalue weighted by molar-refractivity contribution is 6.08. The summed E-state index contributed by atoms with van der Waals surface area (Å²) in [7, 11) is 1.20. The number of aryl methyl sites for hydroxylation is 2. The second kappa shape index (κ2) is 10.6. The zero-order chi connectivity index (χ0) is 23.1. The molecule has 0 aliphatic rings. The van der Waals surface area contributed by atoms with Gasteiger partial charge >= 0.3 is 11.9 Å². The number of carbonyl (C=O) groups excluding carboxylic acids is 2. The largest absolute Gasteiger partial charge is 0.465 e. The van der Waals surface area contributed by atoms with Crippen LogP contribution < -0.4 is 0 Å². The number of para-hydroxylation sites is 1. The minimum Gasteiger partial charge on any atom is -0.465 e. The number of likely N-dealkylation sites (N-methyl/N-ethyl adjacent to an activating group) is 1. The third kappa shape index (κ3) is 5.24. The molecule has 0 spiro atoms. The molecule has 0 aliphatic heterocycles. The summed E-state index contributed by atoms with van der Waals surface area (Å²) in [6, 6.07) is 5.93. The first-order valence-corrected chi connectivity index (χ1v) is 9.99. The molecule has 0 atom stereocenters. The molecule has 166 valence electrons. The van der Waals surface area contributed by atoms with Gasteiger partial charge in [0, 0.05) is 18.2 Å². The number of aromatic nitrogens is 1. The van der Waals surface area contributed by atoms with Crippen LogP contribution in [0.5, 0.6) is 0 Å². The fraction of sp³-hybridized carbons (Fsp3) is 0.409.